The second-order valence-corrected chi connectivity index (χ2v) is 5.02. The summed E-state index contributed by atoms with van der Waals surface area (Å²) in [7, 11) is 0. The topological polar surface area (TPSA) is 57.7 Å². The molecule has 0 aromatic carbocycles. The van der Waals surface area contributed by atoms with Crippen molar-refractivity contribution in [2.24, 2.45) is 0 Å². The highest BCUT2D eigenvalue weighted by molar-refractivity contribution is 5.40. The Morgan fingerprint density at radius 3 is 2.39 bits per heavy atom. The monoisotopic (exact) mass is 243 g/mol. The lowest BCUT2D eigenvalue weighted by atomic mass is 9.94. The standard InChI is InChI=1S/C13H17N5/c1-8-5-14-17-12(8)11-6-18(7-11)13-15-9(2)4-10(3)16-13/h4-5,11H,6-7H2,1-3H3,(H,14,17). The Morgan fingerprint density at radius 2 is 1.83 bits per heavy atom. The number of nitrogens with one attached hydrogen (secondary N) is 1. The number of hydrogen-bond acceptors (Lipinski definition) is 4. The molecule has 94 valence electrons. The zero-order chi connectivity index (χ0) is 12.7. The van der Waals surface area contributed by atoms with Crippen LogP contribution in [-0.4, -0.2) is 33.3 Å². The Balaban J connectivity index is 1.74. The maximum Gasteiger partial charge on any atom is 0.225 e. The molecule has 0 bridgehead atoms. The van der Waals surface area contributed by atoms with E-state index in [0.717, 1.165) is 30.4 Å². The molecular formula is C13H17N5. The summed E-state index contributed by atoms with van der Waals surface area (Å²) >= 11 is 0. The third-order valence-corrected chi connectivity index (χ3v) is 3.41. The highest BCUT2D eigenvalue weighted by atomic mass is 15.3. The zero-order valence-corrected chi connectivity index (χ0v) is 10.9. The van der Waals surface area contributed by atoms with Crippen LogP contribution in [0.4, 0.5) is 5.95 Å². The average molecular weight is 243 g/mol. The fraction of sp³-hybridized carbons (Fsp3) is 0.462. The van der Waals surface area contributed by atoms with Crippen LogP contribution in [0.15, 0.2) is 12.3 Å². The third-order valence-electron chi connectivity index (χ3n) is 3.41. The average Bonchev–Trinajstić information content (AvgIpc) is 2.61. The molecule has 0 atom stereocenters. The van der Waals surface area contributed by atoms with E-state index in [1.54, 1.807) is 0 Å². The predicted molar refractivity (Wildman–Crippen MR) is 69.8 cm³/mol. The van der Waals surface area contributed by atoms with Crippen LogP contribution in [0, 0.1) is 20.8 Å². The van der Waals surface area contributed by atoms with Gasteiger partial charge in [-0.25, -0.2) is 9.97 Å². The number of H-pyrrole nitrogens is 1. The van der Waals surface area contributed by atoms with Crippen molar-refractivity contribution in [3.63, 3.8) is 0 Å². The van der Waals surface area contributed by atoms with Crippen molar-refractivity contribution in [1.82, 2.24) is 20.2 Å². The summed E-state index contributed by atoms with van der Waals surface area (Å²) in [6, 6.07) is 2.00. The number of aromatic amines is 1. The number of hydrogen-bond donors (Lipinski definition) is 1. The molecular weight excluding hydrogens is 226 g/mol. The summed E-state index contributed by atoms with van der Waals surface area (Å²) in [4.78, 5) is 11.2. The first kappa shape index (κ1) is 11.2. The maximum atomic E-state index is 4.48. The number of rotatable bonds is 2. The smallest absolute Gasteiger partial charge is 0.225 e. The lowest BCUT2D eigenvalue weighted by Crippen LogP contribution is -2.46. The van der Waals surface area contributed by atoms with Gasteiger partial charge in [0.25, 0.3) is 0 Å². The van der Waals surface area contributed by atoms with Crippen molar-refractivity contribution in [3.05, 3.63) is 34.9 Å². The minimum absolute atomic E-state index is 0.525. The molecule has 1 aliphatic heterocycles. The molecule has 1 saturated heterocycles. The maximum absolute atomic E-state index is 4.48. The highest BCUT2D eigenvalue weighted by Crippen LogP contribution is 2.30. The second-order valence-electron chi connectivity index (χ2n) is 5.02. The van der Waals surface area contributed by atoms with Gasteiger partial charge in [-0.15, -0.1) is 0 Å². The SMILES string of the molecule is Cc1cc(C)nc(N2CC(c3[nH]ncc3C)C2)n1. The minimum atomic E-state index is 0.525. The lowest BCUT2D eigenvalue weighted by molar-refractivity contribution is 0.499. The minimum Gasteiger partial charge on any atom is -0.339 e. The molecule has 2 aromatic rings. The van der Waals surface area contributed by atoms with Gasteiger partial charge in [0, 0.05) is 36.1 Å². The van der Waals surface area contributed by atoms with E-state index >= 15 is 0 Å². The molecule has 3 rings (SSSR count). The molecule has 3 heterocycles. The van der Waals surface area contributed by atoms with E-state index in [4.69, 9.17) is 0 Å². The van der Waals surface area contributed by atoms with Gasteiger partial charge in [-0.05, 0) is 32.4 Å². The lowest BCUT2D eigenvalue weighted by Gasteiger charge is -2.39. The van der Waals surface area contributed by atoms with Crippen LogP contribution in [0.3, 0.4) is 0 Å². The Morgan fingerprint density at radius 1 is 1.17 bits per heavy atom. The van der Waals surface area contributed by atoms with Crippen molar-refractivity contribution < 1.29 is 0 Å². The zero-order valence-electron chi connectivity index (χ0n) is 10.9. The molecule has 1 aliphatic rings. The van der Waals surface area contributed by atoms with Crippen LogP contribution in [-0.2, 0) is 0 Å². The van der Waals surface area contributed by atoms with E-state index in [-0.39, 0.29) is 0 Å². The van der Waals surface area contributed by atoms with Crippen LogP contribution < -0.4 is 4.90 Å². The predicted octanol–water partition coefficient (Wildman–Crippen LogP) is 1.73. The summed E-state index contributed by atoms with van der Waals surface area (Å²) in [6.07, 6.45) is 1.88. The first-order chi connectivity index (χ1) is 8.63. The molecule has 2 aromatic heterocycles. The summed E-state index contributed by atoms with van der Waals surface area (Å²) in [5.74, 6) is 1.37. The van der Waals surface area contributed by atoms with Crippen molar-refractivity contribution in [3.8, 4) is 0 Å². The summed E-state index contributed by atoms with van der Waals surface area (Å²) < 4.78 is 0. The molecule has 1 N–H and O–H groups in total. The molecule has 5 heteroatoms. The van der Waals surface area contributed by atoms with Gasteiger partial charge in [-0.3, -0.25) is 5.10 Å². The fourth-order valence-corrected chi connectivity index (χ4v) is 2.44. The second kappa shape index (κ2) is 4.08. The van der Waals surface area contributed by atoms with Gasteiger partial charge in [-0.2, -0.15) is 5.10 Å². The van der Waals surface area contributed by atoms with Crippen molar-refractivity contribution in [2.75, 3.05) is 18.0 Å². The van der Waals surface area contributed by atoms with Crippen LogP contribution in [0.5, 0.6) is 0 Å². The van der Waals surface area contributed by atoms with Crippen LogP contribution >= 0.6 is 0 Å². The van der Waals surface area contributed by atoms with Crippen LogP contribution in [0.2, 0.25) is 0 Å². The number of aromatic nitrogens is 4. The van der Waals surface area contributed by atoms with Gasteiger partial charge in [0.2, 0.25) is 5.95 Å². The Hall–Kier alpha value is -1.91. The van der Waals surface area contributed by atoms with E-state index in [1.807, 2.05) is 26.1 Å². The number of aryl methyl sites for hydroxylation is 3. The van der Waals surface area contributed by atoms with Gasteiger partial charge < -0.3 is 4.90 Å². The molecule has 0 aliphatic carbocycles. The van der Waals surface area contributed by atoms with Crippen molar-refractivity contribution in [2.45, 2.75) is 26.7 Å². The van der Waals surface area contributed by atoms with Crippen LogP contribution in [0.25, 0.3) is 0 Å². The van der Waals surface area contributed by atoms with Gasteiger partial charge in [0.1, 0.15) is 0 Å². The molecule has 0 spiro atoms. The molecule has 18 heavy (non-hydrogen) atoms. The van der Waals surface area contributed by atoms with E-state index in [9.17, 15) is 0 Å². The molecule has 0 amide bonds. The third kappa shape index (κ3) is 1.85. The van der Waals surface area contributed by atoms with Gasteiger partial charge in [0.05, 0.1) is 6.20 Å². The van der Waals surface area contributed by atoms with E-state index < -0.39 is 0 Å². The first-order valence-corrected chi connectivity index (χ1v) is 6.20. The molecule has 0 radical (unpaired) electrons. The Bertz CT molecular complexity index is 548. The van der Waals surface area contributed by atoms with Gasteiger partial charge in [-0.1, -0.05) is 0 Å². The van der Waals surface area contributed by atoms with E-state index in [1.165, 1.54) is 11.3 Å². The summed E-state index contributed by atoms with van der Waals surface area (Å²) in [5.41, 5.74) is 4.54. The van der Waals surface area contributed by atoms with Gasteiger partial charge >= 0.3 is 0 Å². The highest BCUT2D eigenvalue weighted by Gasteiger charge is 2.32. The summed E-state index contributed by atoms with van der Waals surface area (Å²) in [5, 5.41) is 7.16. The molecule has 0 saturated carbocycles. The molecule has 1 fully saturated rings. The fourth-order valence-electron chi connectivity index (χ4n) is 2.44. The normalized spacial score (nSPS) is 15.8. The first-order valence-electron chi connectivity index (χ1n) is 6.20. The van der Waals surface area contributed by atoms with Crippen LogP contribution in [0.1, 0.15) is 28.6 Å². The number of anilines is 1. The molecule has 5 nitrogen and oxygen atoms in total. The Labute approximate surface area is 106 Å². The molecule has 0 unspecified atom stereocenters. The van der Waals surface area contributed by atoms with Gasteiger partial charge in [0.15, 0.2) is 0 Å². The van der Waals surface area contributed by atoms with Crippen molar-refractivity contribution >= 4 is 5.95 Å². The van der Waals surface area contributed by atoms with Crippen molar-refractivity contribution in [1.29, 1.82) is 0 Å². The van der Waals surface area contributed by atoms with E-state index in [0.29, 0.717) is 5.92 Å². The quantitative estimate of drug-likeness (QED) is 0.872. The van der Waals surface area contributed by atoms with E-state index in [2.05, 4.69) is 32.0 Å². The Kier molecular flexibility index (Phi) is 2.54. The largest absolute Gasteiger partial charge is 0.339 e. The number of nitrogens with zero attached hydrogens (tertiary/aromatic N) is 4. The summed E-state index contributed by atoms with van der Waals surface area (Å²) in [6.45, 7) is 8.04.